The predicted molar refractivity (Wildman–Crippen MR) is 101 cm³/mol. The molecule has 0 aromatic heterocycles. The lowest BCUT2D eigenvalue weighted by Gasteiger charge is -2.21. The molecule has 7 heteroatoms. The van der Waals surface area contributed by atoms with E-state index in [2.05, 4.69) is 10.0 Å². The van der Waals surface area contributed by atoms with Crippen LogP contribution in [0.1, 0.15) is 68.6 Å². The van der Waals surface area contributed by atoms with Crippen LogP contribution in [0.2, 0.25) is 0 Å². The molecule has 0 spiro atoms. The fourth-order valence-corrected chi connectivity index (χ4v) is 4.18. The molecule has 2 rings (SSSR count). The summed E-state index contributed by atoms with van der Waals surface area (Å²) in [6, 6.07) is 5.97. The topological polar surface area (TPSA) is 92.3 Å². The van der Waals surface area contributed by atoms with E-state index in [0.29, 0.717) is 5.56 Å². The van der Waals surface area contributed by atoms with Crippen molar-refractivity contribution in [3.05, 3.63) is 29.8 Å². The van der Waals surface area contributed by atoms with Crippen LogP contribution in [0, 0.1) is 0 Å². The van der Waals surface area contributed by atoms with Gasteiger partial charge in [0, 0.05) is 24.6 Å². The molecule has 1 aliphatic carbocycles. The number of sulfonamides is 1. The summed E-state index contributed by atoms with van der Waals surface area (Å²) < 4.78 is 26.9. The molecule has 0 heterocycles. The third-order valence-electron chi connectivity index (χ3n) is 4.69. The number of benzene rings is 1. The van der Waals surface area contributed by atoms with Crippen molar-refractivity contribution in [2.75, 3.05) is 6.54 Å². The van der Waals surface area contributed by atoms with Gasteiger partial charge in [-0.15, -0.1) is 0 Å². The molecular weight excluding hydrogens is 352 g/mol. The van der Waals surface area contributed by atoms with Gasteiger partial charge in [0.15, 0.2) is 5.78 Å². The molecule has 0 atom stereocenters. The van der Waals surface area contributed by atoms with E-state index in [0.717, 1.165) is 25.7 Å². The number of nitrogens with one attached hydrogen (secondary N) is 2. The van der Waals surface area contributed by atoms with Crippen LogP contribution in [-0.2, 0) is 14.8 Å². The summed E-state index contributed by atoms with van der Waals surface area (Å²) >= 11 is 0. The minimum Gasteiger partial charge on any atom is -0.353 e. The van der Waals surface area contributed by atoms with Crippen molar-refractivity contribution in [3.63, 3.8) is 0 Å². The SMILES string of the molecule is CC(=O)c1ccc(S(=O)(=O)NCCC(=O)NC2CCCCCCC2)cc1. The highest BCUT2D eigenvalue weighted by molar-refractivity contribution is 7.89. The van der Waals surface area contributed by atoms with Gasteiger partial charge in [-0.1, -0.05) is 44.2 Å². The number of Topliss-reactive ketones (excluding diaryl/α,β-unsaturated/α-hetero) is 1. The standard InChI is InChI=1S/C19H28N2O4S/c1-15(22)16-9-11-18(12-10-16)26(24,25)20-14-13-19(23)21-17-7-5-3-2-4-6-8-17/h9-12,17,20H,2-8,13-14H2,1H3,(H,21,23). The third-order valence-corrected chi connectivity index (χ3v) is 6.16. The second-order valence-corrected chi connectivity index (χ2v) is 8.60. The first-order valence-corrected chi connectivity index (χ1v) is 10.8. The fraction of sp³-hybridized carbons (Fsp3) is 0.579. The monoisotopic (exact) mass is 380 g/mol. The van der Waals surface area contributed by atoms with Crippen LogP contribution >= 0.6 is 0 Å². The van der Waals surface area contributed by atoms with Gasteiger partial charge in [-0.05, 0) is 31.9 Å². The van der Waals surface area contributed by atoms with Crippen LogP contribution in [0.3, 0.4) is 0 Å². The molecule has 0 saturated heterocycles. The average molecular weight is 381 g/mol. The Bertz CT molecular complexity index is 706. The summed E-state index contributed by atoms with van der Waals surface area (Å²) in [4.78, 5) is 23.4. The number of hydrogen-bond donors (Lipinski definition) is 2. The van der Waals surface area contributed by atoms with Gasteiger partial charge in [-0.2, -0.15) is 0 Å². The van der Waals surface area contributed by atoms with Crippen LogP contribution in [0.15, 0.2) is 29.2 Å². The number of carbonyl (C=O) groups is 2. The van der Waals surface area contributed by atoms with Gasteiger partial charge in [-0.3, -0.25) is 9.59 Å². The number of carbonyl (C=O) groups excluding carboxylic acids is 2. The maximum Gasteiger partial charge on any atom is 0.240 e. The van der Waals surface area contributed by atoms with Crippen LogP contribution in [0.4, 0.5) is 0 Å². The van der Waals surface area contributed by atoms with Crippen molar-refractivity contribution in [1.29, 1.82) is 0 Å². The minimum atomic E-state index is -3.68. The number of ketones is 1. The van der Waals surface area contributed by atoms with Crippen molar-refractivity contribution in [1.82, 2.24) is 10.0 Å². The summed E-state index contributed by atoms with van der Waals surface area (Å²) in [6.07, 6.45) is 8.09. The van der Waals surface area contributed by atoms with Gasteiger partial charge in [-0.25, -0.2) is 13.1 Å². The molecule has 0 radical (unpaired) electrons. The molecule has 1 fully saturated rings. The minimum absolute atomic E-state index is 0.0509. The second-order valence-electron chi connectivity index (χ2n) is 6.84. The van der Waals surface area contributed by atoms with Crippen LogP contribution < -0.4 is 10.0 Å². The zero-order chi connectivity index (χ0) is 19.0. The number of hydrogen-bond acceptors (Lipinski definition) is 4. The van der Waals surface area contributed by atoms with Crippen molar-refractivity contribution < 1.29 is 18.0 Å². The van der Waals surface area contributed by atoms with E-state index >= 15 is 0 Å². The molecule has 1 aliphatic rings. The van der Waals surface area contributed by atoms with E-state index in [1.165, 1.54) is 50.5 Å². The summed E-state index contributed by atoms with van der Waals surface area (Å²) in [5.41, 5.74) is 0.461. The Morgan fingerprint density at radius 1 is 1.00 bits per heavy atom. The molecule has 144 valence electrons. The summed E-state index contributed by atoms with van der Waals surface area (Å²) in [7, 11) is -3.68. The van der Waals surface area contributed by atoms with Crippen molar-refractivity contribution in [2.45, 2.75) is 69.2 Å². The molecule has 1 aromatic rings. The van der Waals surface area contributed by atoms with E-state index in [1.807, 2.05) is 0 Å². The van der Waals surface area contributed by atoms with Crippen molar-refractivity contribution in [3.8, 4) is 0 Å². The number of rotatable bonds is 7. The van der Waals surface area contributed by atoms with Gasteiger partial charge >= 0.3 is 0 Å². The van der Waals surface area contributed by atoms with E-state index in [-0.39, 0.29) is 35.6 Å². The lowest BCUT2D eigenvalue weighted by molar-refractivity contribution is -0.121. The van der Waals surface area contributed by atoms with E-state index < -0.39 is 10.0 Å². The van der Waals surface area contributed by atoms with Crippen LogP contribution in [-0.4, -0.2) is 32.7 Å². The average Bonchev–Trinajstić information content (AvgIpc) is 2.57. The highest BCUT2D eigenvalue weighted by Crippen LogP contribution is 2.17. The molecule has 0 aliphatic heterocycles. The van der Waals surface area contributed by atoms with Crippen LogP contribution in [0.5, 0.6) is 0 Å². The molecule has 1 saturated carbocycles. The molecule has 1 amide bonds. The highest BCUT2D eigenvalue weighted by Gasteiger charge is 2.17. The largest absolute Gasteiger partial charge is 0.353 e. The molecule has 6 nitrogen and oxygen atoms in total. The Hall–Kier alpha value is -1.73. The van der Waals surface area contributed by atoms with Gasteiger partial charge in [0.2, 0.25) is 15.9 Å². The van der Waals surface area contributed by atoms with E-state index in [9.17, 15) is 18.0 Å². The van der Waals surface area contributed by atoms with Gasteiger partial charge in [0.25, 0.3) is 0 Å². The zero-order valence-corrected chi connectivity index (χ0v) is 16.1. The Balaban J connectivity index is 1.79. The summed E-state index contributed by atoms with van der Waals surface area (Å²) in [6.45, 7) is 1.48. The smallest absolute Gasteiger partial charge is 0.240 e. The number of amides is 1. The predicted octanol–water partition coefficient (Wildman–Crippen LogP) is 2.79. The van der Waals surface area contributed by atoms with Crippen molar-refractivity contribution >= 4 is 21.7 Å². The van der Waals surface area contributed by atoms with Gasteiger partial charge in [0.1, 0.15) is 0 Å². The summed E-state index contributed by atoms with van der Waals surface area (Å²) in [5.74, 6) is -0.238. The Morgan fingerprint density at radius 2 is 1.58 bits per heavy atom. The van der Waals surface area contributed by atoms with Crippen LogP contribution in [0.25, 0.3) is 0 Å². The Morgan fingerprint density at radius 3 is 2.15 bits per heavy atom. The molecule has 26 heavy (non-hydrogen) atoms. The van der Waals surface area contributed by atoms with E-state index in [4.69, 9.17) is 0 Å². The third kappa shape index (κ3) is 6.53. The first-order valence-electron chi connectivity index (χ1n) is 9.28. The highest BCUT2D eigenvalue weighted by atomic mass is 32.2. The molecule has 0 bridgehead atoms. The Kier molecular flexibility index (Phi) is 7.78. The van der Waals surface area contributed by atoms with Crippen molar-refractivity contribution in [2.24, 2.45) is 0 Å². The maximum absolute atomic E-state index is 12.2. The Labute approximate surface area is 155 Å². The maximum atomic E-state index is 12.2. The van der Waals surface area contributed by atoms with E-state index in [1.54, 1.807) is 0 Å². The van der Waals surface area contributed by atoms with Gasteiger partial charge < -0.3 is 5.32 Å². The quantitative estimate of drug-likeness (QED) is 0.712. The molecule has 2 N–H and O–H groups in total. The fourth-order valence-electron chi connectivity index (χ4n) is 3.15. The molecule has 0 unspecified atom stereocenters. The lowest BCUT2D eigenvalue weighted by atomic mass is 9.96. The second kappa shape index (κ2) is 9.83. The first kappa shape index (κ1) is 20.6. The van der Waals surface area contributed by atoms with Gasteiger partial charge in [0.05, 0.1) is 4.90 Å². The summed E-state index contributed by atoms with van der Waals surface area (Å²) in [5, 5.41) is 3.02. The molecule has 1 aromatic carbocycles. The zero-order valence-electron chi connectivity index (χ0n) is 15.3. The first-order chi connectivity index (χ1) is 12.4. The normalized spacial score (nSPS) is 16.5. The lowest BCUT2D eigenvalue weighted by Crippen LogP contribution is -2.37. The molecular formula is C19H28N2O4S.